The summed E-state index contributed by atoms with van der Waals surface area (Å²) in [5.74, 6) is 0.796. The van der Waals surface area contributed by atoms with Crippen LogP contribution in [0.25, 0.3) is 0 Å². The highest BCUT2D eigenvalue weighted by Gasteiger charge is 2.21. The first-order valence-electron chi connectivity index (χ1n) is 6.90. The number of carbonyl (C=O) groups is 1. The molecule has 0 aliphatic carbocycles. The van der Waals surface area contributed by atoms with Crippen molar-refractivity contribution < 1.29 is 14.1 Å². The highest BCUT2D eigenvalue weighted by Crippen LogP contribution is 2.14. The molecule has 2 heterocycles. The Balaban J connectivity index is 2.26. The van der Waals surface area contributed by atoms with Gasteiger partial charge in [0.1, 0.15) is 6.54 Å². The van der Waals surface area contributed by atoms with Crippen molar-refractivity contribution in [2.45, 2.75) is 46.1 Å². The third kappa shape index (κ3) is 3.26. The lowest BCUT2D eigenvalue weighted by molar-refractivity contribution is 0.0592. The summed E-state index contributed by atoms with van der Waals surface area (Å²) < 4.78 is 11.5. The first kappa shape index (κ1) is 15.1. The van der Waals surface area contributed by atoms with Gasteiger partial charge in [-0.2, -0.15) is 4.98 Å². The third-order valence-electron chi connectivity index (χ3n) is 2.99. The average molecular weight is 293 g/mol. The summed E-state index contributed by atoms with van der Waals surface area (Å²) >= 11 is 0. The van der Waals surface area contributed by atoms with Crippen molar-refractivity contribution in [1.82, 2.24) is 25.1 Å². The molecule has 0 aromatic carbocycles. The molecule has 0 amide bonds. The molecule has 0 N–H and O–H groups in total. The Morgan fingerprint density at radius 1 is 1.43 bits per heavy atom. The van der Waals surface area contributed by atoms with Crippen LogP contribution < -0.4 is 0 Å². The van der Waals surface area contributed by atoms with E-state index in [4.69, 9.17) is 9.26 Å². The topological polar surface area (TPSA) is 95.9 Å². The van der Waals surface area contributed by atoms with Gasteiger partial charge in [0.15, 0.2) is 11.5 Å². The van der Waals surface area contributed by atoms with Crippen LogP contribution in [0.15, 0.2) is 4.52 Å². The smallest absolute Gasteiger partial charge is 0.360 e. The van der Waals surface area contributed by atoms with Crippen molar-refractivity contribution in [3.05, 3.63) is 23.1 Å². The van der Waals surface area contributed by atoms with Gasteiger partial charge in [0.05, 0.1) is 12.8 Å². The highest BCUT2D eigenvalue weighted by molar-refractivity contribution is 5.88. The summed E-state index contributed by atoms with van der Waals surface area (Å²) in [5.41, 5.74) is 0.955. The maximum atomic E-state index is 11.7. The third-order valence-corrected chi connectivity index (χ3v) is 2.99. The van der Waals surface area contributed by atoms with Crippen molar-refractivity contribution in [3.8, 4) is 0 Å². The highest BCUT2D eigenvalue weighted by atomic mass is 16.5. The van der Waals surface area contributed by atoms with Gasteiger partial charge in [-0.1, -0.05) is 37.6 Å². The van der Waals surface area contributed by atoms with Gasteiger partial charge in [0.2, 0.25) is 5.89 Å². The molecule has 0 bridgehead atoms. The predicted molar refractivity (Wildman–Crippen MR) is 72.8 cm³/mol. The lowest BCUT2D eigenvalue weighted by Gasteiger charge is -2.03. The largest absolute Gasteiger partial charge is 0.464 e. The molecule has 2 aromatic heterocycles. The van der Waals surface area contributed by atoms with Crippen molar-refractivity contribution in [1.29, 1.82) is 0 Å². The van der Waals surface area contributed by atoms with Crippen LogP contribution in [0.2, 0.25) is 0 Å². The van der Waals surface area contributed by atoms with E-state index in [0.717, 1.165) is 6.42 Å². The molecule has 114 valence electrons. The van der Waals surface area contributed by atoms with Gasteiger partial charge in [-0.25, -0.2) is 9.48 Å². The van der Waals surface area contributed by atoms with E-state index in [1.54, 1.807) is 4.68 Å². The van der Waals surface area contributed by atoms with E-state index in [1.807, 2.05) is 20.8 Å². The minimum absolute atomic E-state index is 0.194. The number of nitrogens with zero attached hydrogens (tertiary/aromatic N) is 5. The van der Waals surface area contributed by atoms with Crippen LogP contribution in [-0.4, -0.2) is 38.2 Å². The average Bonchev–Trinajstić information content (AvgIpc) is 3.07. The molecule has 0 unspecified atom stereocenters. The molecule has 0 atom stereocenters. The van der Waals surface area contributed by atoms with Gasteiger partial charge < -0.3 is 9.26 Å². The van der Waals surface area contributed by atoms with E-state index in [9.17, 15) is 4.79 Å². The molecule has 21 heavy (non-hydrogen) atoms. The maximum Gasteiger partial charge on any atom is 0.360 e. The Morgan fingerprint density at radius 3 is 2.76 bits per heavy atom. The Hall–Kier alpha value is -2.25. The van der Waals surface area contributed by atoms with Crippen LogP contribution in [0.5, 0.6) is 0 Å². The lowest BCUT2D eigenvalue weighted by atomic mass is 10.2. The quantitative estimate of drug-likeness (QED) is 0.746. The van der Waals surface area contributed by atoms with Crippen LogP contribution in [-0.2, 0) is 17.7 Å². The molecular weight excluding hydrogens is 274 g/mol. The Bertz CT molecular complexity index is 617. The van der Waals surface area contributed by atoms with Crippen molar-refractivity contribution >= 4 is 5.97 Å². The van der Waals surface area contributed by atoms with Crippen molar-refractivity contribution in [3.63, 3.8) is 0 Å². The fourth-order valence-electron chi connectivity index (χ4n) is 1.89. The molecular formula is C13H19N5O3. The molecule has 8 heteroatoms. The molecule has 8 nitrogen and oxygen atoms in total. The van der Waals surface area contributed by atoms with Gasteiger partial charge in [-0.3, -0.25) is 0 Å². The van der Waals surface area contributed by atoms with E-state index in [-0.39, 0.29) is 11.6 Å². The van der Waals surface area contributed by atoms with Gasteiger partial charge in [-0.15, -0.1) is 5.10 Å². The summed E-state index contributed by atoms with van der Waals surface area (Å²) in [4.78, 5) is 16.0. The van der Waals surface area contributed by atoms with Crippen LogP contribution in [0.1, 0.15) is 61.0 Å². The predicted octanol–water partition coefficient (Wildman–Crippen LogP) is 1.57. The molecule has 0 radical (unpaired) electrons. The minimum atomic E-state index is -0.488. The van der Waals surface area contributed by atoms with Crippen LogP contribution in [0, 0.1) is 0 Å². The van der Waals surface area contributed by atoms with Gasteiger partial charge in [0, 0.05) is 5.92 Å². The number of esters is 1. The normalized spacial score (nSPS) is 11.1. The zero-order valence-electron chi connectivity index (χ0n) is 12.7. The zero-order chi connectivity index (χ0) is 15.4. The number of hydrogen-bond donors (Lipinski definition) is 0. The monoisotopic (exact) mass is 293 g/mol. The van der Waals surface area contributed by atoms with Crippen molar-refractivity contribution in [2.24, 2.45) is 0 Å². The maximum absolute atomic E-state index is 11.7. The van der Waals surface area contributed by atoms with Crippen molar-refractivity contribution in [2.75, 3.05) is 7.11 Å². The Labute approximate surface area is 122 Å². The molecule has 0 saturated carbocycles. The van der Waals surface area contributed by atoms with E-state index in [0.29, 0.717) is 30.4 Å². The molecule has 2 aromatic rings. The molecule has 0 fully saturated rings. The van der Waals surface area contributed by atoms with E-state index in [1.165, 1.54) is 7.11 Å². The first-order chi connectivity index (χ1) is 10.1. The van der Waals surface area contributed by atoms with E-state index < -0.39 is 5.97 Å². The summed E-state index contributed by atoms with van der Waals surface area (Å²) in [6, 6.07) is 0. The van der Waals surface area contributed by atoms with Gasteiger partial charge in [-0.05, 0) is 6.42 Å². The number of methoxy groups -OCH3 is 1. The molecule has 0 aliphatic rings. The van der Waals surface area contributed by atoms with Crippen LogP contribution in [0.3, 0.4) is 0 Å². The molecule has 2 rings (SSSR count). The number of ether oxygens (including phenoxy) is 1. The fraction of sp³-hybridized carbons (Fsp3) is 0.615. The van der Waals surface area contributed by atoms with Crippen LogP contribution in [0.4, 0.5) is 0 Å². The lowest BCUT2D eigenvalue weighted by Crippen LogP contribution is -2.10. The van der Waals surface area contributed by atoms with Gasteiger partial charge in [0.25, 0.3) is 0 Å². The second kappa shape index (κ2) is 6.47. The summed E-state index contributed by atoms with van der Waals surface area (Å²) in [7, 11) is 1.32. The van der Waals surface area contributed by atoms with E-state index >= 15 is 0 Å². The number of rotatable bonds is 6. The Morgan fingerprint density at radius 2 is 2.19 bits per heavy atom. The number of aromatic nitrogens is 5. The fourth-order valence-corrected chi connectivity index (χ4v) is 1.89. The summed E-state index contributed by atoms with van der Waals surface area (Å²) in [5, 5.41) is 11.8. The first-order valence-corrected chi connectivity index (χ1v) is 6.90. The number of carbonyl (C=O) groups excluding carboxylic acids is 1. The summed E-state index contributed by atoms with van der Waals surface area (Å²) in [6.07, 6.45) is 1.53. The second-order valence-electron chi connectivity index (χ2n) is 4.98. The van der Waals surface area contributed by atoms with Gasteiger partial charge >= 0.3 is 5.97 Å². The van der Waals surface area contributed by atoms with E-state index in [2.05, 4.69) is 20.5 Å². The van der Waals surface area contributed by atoms with Crippen LogP contribution >= 0.6 is 0 Å². The standard InChI is InChI=1S/C13H19N5O3/c1-5-6-9-11(13(19)20-4)15-17-18(9)7-10-14-12(8(2)3)16-21-10/h8H,5-7H2,1-4H3. The second-order valence-corrected chi connectivity index (χ2v) is 4.98. The molecule has 0 saturated heterocycles. The SMILES string of the molecule is CCCc1c(C(=O)OC)nnn1Cc1nc(C(C)C)no1. The summed E-state index contributed by atoms with van der Waals surface area (Å²) in [6.45, 7) is 6.28. The number of hydrogen-bond acceptors (Lipinski definition) is 7. The zero-order valence-corrected chi connectivity index (χ0v) is 12.7. The molecule has 0 aliphatic heterocycles. The molecule has 0 spiro atoms. The minimum Gasteiger partial charge on any atom is -0.464 e. The Kier molecular flexibility index (Phi) is 4.66.